The molecule has 2 aromatic rings. The summed E-state index contributed by atoms with van der Waals surface area (Å²) >= 11 is 3.41. The van der Waals surface area contributed by atoms with E-state index < -0.39 is 0 Å². The molecule has 0 spiro atoms. The van der Waals surface area contributed by atoms with Crippen LogP contribution in [0.4, 0.5) is 5.69 Å². The molecule has 1 atom stereocenters. The minimum atomic E-state index is -0.241. The fraction of sp³-hybridized carbons (Fsp3) is 0.409. The van der Waals surface area contributed by atoms with Crippen LogP contribution in [0.5, 0.6) is 0 Å². The predicted octanol–water partition coefficient (Wildman–Crippen LogP) is 2.58. The lowest BCUT2D eigenvalue weighted by Gasteiger charge is -2.35. The Kier molecular flexibility index (Phi) is 6.25. The Labute approximate surface area is 179 Å². The molecule has 6 nitrogen and oxygen atoms in total. The minimum absolute atomic E-state index is 0.0293. The Morgan fingerprint density at radius 3 is 2.41 bits per heavy atom. The van der Waals surface area contributed by atoms with E-state index in [-0.39, 0.29) is 17.7 Å². The summed E-state index contributed by atoms with van der Waals surface area (Å²) in [5, 5.41) is 0. The zero-order valence-corrected chi connectivity index (χ0v) is 17.9. The van der Waals surface area contributed by atoms with Crippen LogP contribution < -0.4 is 4.90 Å². The summed E-state index contributed by atoms with van der Waals surface area (Å²) in [6, 6.07) is 11.8. The molecule has 0 aliphatic carbocycles. The Morgan fingerprint density at radius 2 is 1.72 bits per heavy atom. The number of carbonyl (C=O) groups excluding carboxylic acids is 2. The van der Waals surface area contributed by atoms with Crippen molar-refractivity contribution in [2.75, 3.05) is 44.2 Å². The fourth-order valence-electron chi connectivity index (χ4n) is 4.03. The van der Waals surface area contributed by atoms with Gasteiger partial charge in [0.1, 0.15) is 0 Å². The van der Waals surface area contributed by atoms with E-state index >= 15 is 0 Å². The summed E-state index contributed by atoms with van der Waals surface area (Å²) in [7, 11) is 0. The van der Waals surface area contributed by atoms with Gasteiger partial charge in [-0.15, -0.1) is 0 Å². The maximum Gasteiger partial charge on any atom is 0.228 e. The highest BCUT2D eigenvalue weighted by Crippen LogP contribution is 2.27. The third kappa shape index (κ3) is 4.85. The molecule has 0 radical (unpaired) electrons. The Balaban J connectivity index is 1.27. The van der Waals surface area contributed by atoms with E-state index in [0.717, 1.165) is 49.3 Å². The van der Waals surface area contributed by atoms with E-state index in [1.54, 1.807) is 4.90 Å². The number of hydrogen-bond acceptors (Lipinski definition) is 4. The molecule has 2 amide bonds. The second-order valence-electron chi connectivity index (χ2n) is 7.65. The van der Waals surface area contributed by atoms with E-state index in [9.17, 15) is 9.59 Å². The average Bonchev–Trinajstić information content (AvgIpc) is 3.15. The molecule has 2 saturated heterocycles. The molecule has 0 N–H and O–H groups in total. The number of piperazine rings is 1. The maximum atomic E-state index is 13.0. The summed E-state index contributed by atoms with van der Waals surface area (Å²) in [5.41, 5.74) is 2.14. The first-order valence-corrected chi connectivity index (χ1v) is 10.9. The first-order valence-electron chi connectivity index (χ1n) is 10.1. The highest BCUT2D eigenvalue weighted by molar-refractivity contribution is 9.10. The van der Waals surface area contributed by atoms with Crippen molar-refractivity contribution in [3.8, 4) is 0 Å². The predicted molar refractivity (Wildman–Crippen MR) is 116 cm³/mol. The van der Waals surface area contributed by atoms with Crippen LogP contribution in [-0.4, -0.2) is 65.9 Å². The number of aromatic nitrogens is 1. The molecule has 1 aromatic heterocycles. The van der Waals surface area contributed by atoms with Crippen molar-refractivity contribution in [2.24, 2.45) is 5.92 Å². The van der Waals surface area contributed by atoms with Gasteiger partial charge >= 0.3 is 0 Å². The molecule has 29 heavy (non-hydrogen) atoms. The molecular weight excluding hydrogens is 432 g/mol. The summed E-state index contributed by atoms with van der Waals surface area (Å²) < 4.78 is 0.974. The largest absolute Gasteiger partial charge is 0.340 e. The van der Waals surface area contributed by atoms with Crippen molar-refractivity contribution < 1.29 is 9.59 Å². The van der Waals surface area contributed by atoms with Gasteiger partial charge in [-0.1, -0.05) is 15.9 Å². The van der Waals surface area contributed by atoms with E-state index in [1.807, 2.05) is 53.7 Å². The van der Waals surface area contributed by atoms with Gasteiger partial charge in [0.15, 0.2) is 0 Å². The van der Waals surface area contributed by atoms with Crippen molar-refractivity contribution in [1.82, 2.24) is 14.8 Å². The molecule has 3 heterocycles. The second-order valence-corrected chi connectivity index (χ2v) is 8.57. The van der Waals surface area contributed by atoms with Gasteiger partial charge in [-0.2, -0.15) is 0 Å². The van der Waals surface area contributed by atoms with Crippen LogP contribution in [0.25, 0.3) is 0 Å². The third-order valence-corrected chi connectivity index (χ3v) is 6.29. The number of amides is 2. The summed E-state index contributed by atoms with van der Waals surface area (Å²) in [6.07, 6.45) is 4.95. The molecule has 7 heteroatoms. The van der Waals surface area contributed by atoms with Crippen molar-refractivity contribution in [2.45, 2.75) is 12.8 Å². The molecular formula is C22H25BrN4O2. The van der Waals surface area contributed by atoms with E-state index in [0.29, 0.717) is 13.0 Å². The monoisotopic (exact) mass is 456 g/mol. The lowest BCUT2D eigenvalue weighted by Crippen LogP contribution is -2.51. The SMILES string of the molecule is O=C([C@@H]1CC(=O)N(c2ccc(Br)cc2)C1)N1CCN(CCc2ccncc2)CC1. The highest BCUT2D eigenvalue weighted by atomic mass is 79.9. The number of rotatable bonds is 5. The van der Waals surface area contributed by atoms with Gasteiger partial charge in [0, 0.05) is 68.2 Å². The molecule has 2 fully saturated rings. The van der Waals surface area contributed by atoms with E-state index in [2.05, 4.69) is 25.8 Å². The molecule has 0 unspecified atom stereocenters. The lowest BCUT2D eigenvalue weighted by molar-refractivity contribution is -0.137. The lowest BCUT2D eigenvalue weighted by atomic mass is 10.1. The van der Waals surface area contributed by atoms with Crippen LogP contribution in [0.1, 0.15) is 12.0 Å². The number of nitrogens with zero attached hydrogens (tertiary/aromatic N) is 4. The fourth-order valence-corrected chi connectivity index (χ4v) is 4.29. The molecule has 2 aliphatic heterocycles. The molecule has 0 bridgehead atoms. The first kappa shape index (κ1) is 20.0. The number of anilines is 1. The minimum Gasteiger partial charge on any atom is -0.340 e. The van der Waals surface area contributed by atoms with Crippen molar-refractivity contribution in [3.05, 3.63) is 58.8 Å². The van der Waals surface area contributed by atoms with Crippen molar-refractivity contribution in [1.29, 1.82) is 0 Å². The molecule has 4 rings (SSSR count). The Hall–Kier alpha value is -2.25. The van der Waals surface area contributed by atoms with Crippen molar-refractivity contribution >= 4 is 33.4 Å². The number of hydrogen-bond donors (Lipinski definition) is 0. The zero-order chi connectivity index (χ0) is 20.2. The standard InChI is InChI=1S/C22H25BrN4O2/c23-19-1-3-20(4-2-19)27-16-18(15-21(27)28)22(29)26-13-11-25(12-14-26)10-7-17-5-8-24-9-6-17/h1-6,8-9,18H,7,10-16H2/t18-/m1/s1. The Bertz CT molecular complexity index is 851. The Morgan fingerprint density at radius 1 is 1.03 bits per heavy atom. The topological polar surface area (TPSA) is 56.8 Å². The summed E-state index contributed by atoms with van der Waals surface area (Å²) in [5.74, 6) is -0.0945. The normalized spacial score (nSPS) is 20.3. The van der Waals surface area contributed by atoms with E-state index in [1.165, 1.54) is 5.56 Å². The van der Waals surface area contributed by atoms with Crippen LogP contribution in [0.3, 0.4) is 0 Å². The molecule has 2 aliphatic rings. The number of halogens is 1. The quantitative estimate of drug-likeness (QED) is 0.693. The van der Waals surface area contributed by atoms with Crippen LogP contribution in [0, 0.1) is 5.92 Å². The smallest absolute Gasteiger partial charge is 0.228 e. The zero-order valence-electron chi connectivity index (χ0n) is 16.3. The van der Waals surface area contributed by atoms with Crippen LogP contribution in [0.15, 0.2) is 53.3 Å². The van der Waals surface area contributed by atoms with Gasteiger partial charge in [0.2, 0.25) is 11.8 Å². The number of carbonyl (C=O) groups is 2. The van der Waals surface area contributed by atoms with E-state index in [4.69, 9.17) is 0 Å². The van der Waals surface area contributed by atoms with Crippen LogP contribution >= 0.6 is 15.9 Å². The summed E-state index contributed by atoms with van der Waals surface area (Å²) in [4.78, 5) is 35.6. The number of benzene rings is 1. The van der Waals surface area contributed by atoms with Gasteiger partial charge in [0.05, 0.1) is 5.92 Å². The molecule has 0 saturated carbocycles. The van der Waals surface area contributed by atoms with Gasteiger partial charge in [-0.3, -0.25) is 19.5 Å². The van der Waals surface area contributed by atoms with Crippen LogP contribution in [0.2, 0.25) is 0 Å². The molecule has 1 aromatic carbocycles. The van der Waals surface area contributed by atoms with Crippen LogP contribution in [-0.2, 0) is 16.0 Å². The first-order chi connectivity index (χ1) is 14.1. The van der Waals surface area contributed by atoms with Crippen molar-refractivity contribution in [3.63, 3.8) is 0 Å². The van der Waals surface area contributed by atoms with Gasteiger partial charge in [-0.25, -0.2) is 0 Å². The van der Waals surface area contributed by atoms with Gasteiger partial charge in [-0.05, 0) is 48.4 Å². The average molecular weight is 457 g/mol. The third-order valence-electron chi connectivity index (χ3n) is 5.76. The summed E-state index contributed by atoms with van der Waals surface area (Å²) in [6.45, 7) is 4.70. The second kappa shape index (κ2) is 9.05. The highest BCUT2D eigenvalue weighted by Gasteiger charge is 2.37. The maximum absolute atomic E-state index is 13.0. The van der Waals surface area contributed by atoms with Gasteiger partial charge in [0.25, 0.3) is 0 Å². The molecule has 152 valence electrons. The van der Waals surface area contributed by atoms with Gasteiger partial charge < -0.3 is 9.80 Å². The number of pyridine rings is 1.